The normalized spacial score (nSPS) is 11.4. The predicted octanol–water partition coefficient (Wildman–Crippen LogP) is 6.33. The van der Waals surface area contributed by atoms with Crippen molar-refractivity contribution in [1.82, 2.24) is 0 Å². The van der Waals surface area contributed by atoms with Crippen LogP contribution in [0.4, 0.5) is 0 Å². The van der Waals surface area contributed by atoms with E-state index in [1.807, 2.05) is 0 Å². The van der Waals surface area contributed by atoms with Gasteiger partial charge in [0.15, 0.2) is 0 Å². The van der Waals surface area contributed by atoms with Crippen molar-refractivity contribution >= 4 is 24.0 Å². The molecular formula is C20H29P. The van der Waals surface area contributed by atoms with E-state index in [9.17, 15) is 0 Å². The van der Waals surface area contributed by atoms with Crippen molar-refractivity contribution < 1.29 is 0 Å². The number of unbranched alkanes of at least 4 members (excludes halogenated alkanes) is 4. The van der Waals surface area contributed by atoms with Crippen molar-refractivity contribution in [3.8, 4) is 0 Å². The maximum Gasteiger partial charge on any atom is -0.0107 e. The standard InChI is InChI=1S/C20H29P/c1-3-5-9-16-21(17-10-6-4-2)20-15-11-13-18-12-7-8-14-19(18)20/h7-8,11-15H,3-6,9-10,16-17H2,1-2H3. The van der Waals surface area contributed by atoms with E-state index in [4.69, 9.17) is 0 Å². The summed E-state index contributed by atoms with van der Waals surface area (Å²) in [5.41, 5.74) is 0. The molecule has 0 aliphatic heterocycles. The van der Waals surface area contributed by atoms with Crippen LogP contribution in [0.5, 0.6) is 0 Å². The van der Waals surface area contributed by atoms with E-state index in [0.717, 1.165) is 0 Å². The summed E-state index contributed by atoms with van der Waals surface area (Å²) in [6.07, 6.45) is 11.1. The lowest BCUT2D eigenvalue weighted by Gasteiger charge is -2.20. The summed E-state index contributed by atoms with van der Waals surface area (Å²) in [7, 11) is 0.0212. The summed E-state index contributed by atoms with van der Waals surface area (Å²) in [6.45, 7) is 4.61. The molecule has 0 atom stereocenters. The van der Waals surface area contributed by atoms with Crippen molar-refractivity contribution in [2.75, 3.05) is 12.3 Å². The summed E-state index contributed by atoms with van der Waals surface area (Å²) >= 11 is 0. The molecule has 0 unspecified atom stereocenters. The van der Waals surface area contributed by atoms with Crippen LogP contribution in [-0.4, -0.2) is 12.3 Å². The van der Waals surface area contributed by atoms with Crippen LogP contribution >= 0.6 is 7.92 Å². The Balaban J connectivity index is 2.19. The van der Waals surface area contributed by atoms with E-state index >= 15 is 0 Å². The van der Waals surface area contributed by atoms with E-state index in [1.165, 1.54) is 61.6 Å². The van der Waals surface area contributed by atoms with Gasteiger partial charge >= 0.3 is 0 Å². The zero-order valence-electron chi connectivity index (χ0n) is 13.6. The predicted molar refractivity (Wildman–Crippen MR) is 99.3 cm³/mol. The molecular weight excluding hydrogens is 271 g/mol. The van der Waals surface area contributed by atoms with Crippen molar-refractivity contribution in [2.45, 2.75) is 52.4 Å². The average molecular weight is 300 g/mol. The van der Waals surface area contributed by atoms with Gasteiger partial charge in [0.1, 0.15) is 0 Å². The number of hydrogen-bond acceptors (Lipinski definition) is 0. The van der Waals surface area contributed by atoms with Gasteiger partial charge in [-0.2, -0.15) is 0 Å². The number of benzene rings is 2. The van der Waals surface area contributed by atoms with Gasteiger partial charge in [0.05, 0.1) is 0 Å². The topological polar surface area (TPSA) is 0 Å². The van der Waals surface area contributed by atoms with Gasteiger partial charge in [-0.25, -0.2) is 0 Å². The molecule has 0 heterocycles. The third-order valence-electron chi connectivity index (χ3n) is 4.17. The smallest absolute Gasteiger partial charge is 0.0107 e. The van der Waals surface area contributed by atoms with Gasteiger partial charge in [-0.1, -0.05) is 89.9 Å². The third kappa shape index (κ3) is 4.82. The Bertz CT molecular complexity index is 517. The maximum atomic E-state index is 2.39. The molecule has 114 valence electrons. The minimum absolute atomic E-state index is 0.0212. The Morgan fingerprint density at radius 3 is 2.00 bits per heavy atom. The van der Waals surface area contributed by atoms with Crippen LogP contribution in [0, 0.1) is 0 Å². The molecule has 0 aliphatic carbocycles. The minimum Gasteiger partial charge on any atom is -0.0746 e. The SMILES string of the molecule is CCCCCP(CCCCC)c1cccc2ccccc12. The van der Waals surface area contributed by atoms with Crippen LogP contribution in [0.25, 0.3) is 10.8 Å². The van der Waals surface area contributed by atoms with Gasteiger partial charge in [-0.05, 0) is 41.2 Å². The Morgan fingerprint density at radius 2 is 1.33 bits per heavy atom. The molecule has 0 spiro atoms. The molecule has 0 N–H and O–H groups in total. The molecule has 0 amide bonds. The summed E-state index contributed by atoms with van der Waals surface area (Å²) in [6, 6.07) is 15.8. The van der Waals surface area contributed by atoms with Crippen LogP contribution in [0.3, 0.4) is 0 Å². The molecule has 21 heavy (non-hydrogen) atoms. The molecule has 0 bridgehead atoms. The van der Waals surface area contributed by atoms with Crippen LogP contribution in [0.1, 0.15) is 52.4 Å². The lowest BCUT2D eigenvalue weighted by atomic mass is 10.1. The molecule has 0 saturated carbocycles. The van der Waals surface area contributed by atoms with Crippen LogP contribution in [0.15, 0.2) is 42.5 Å². The van der Waals surface area contributed by atoms with E-state index in [2.05, 4.69) is 56.3 Å². The zero-order valence-corrected chi connectivity index (χ0v) is 14.5. The zero-order chi connectivity index (χ0) is 14.9. The number of fused-ring (bicyclic) bond motifs is 1. The van der Waals surface area contributed by atoms with Gasteiger partial charge in [-0.3, -0.25) is 0 Å². The van der Waals surface area contributed by atoms with E-state index < -0.39 is 0 Å². The average Bonchev–Trinajstić information content (AvgIpc) is 2.53. The molecule has 0 nitrogen and oxygen atoms in total. The molecule has 0 saturated heterocycles. The highest BCUT2D eigenvalue weighted by molar-refractivity contribution is 7.66. The second kappa shape index (κ2) is 9.21. The van der Waals surface area contributed by atoms with Crippen molar-refractivity contribution in [2.24, 2.45) is 0 Å². The second-order valence-electron chi connectivity index (χ2n) is 5.90. The molecule has 2 aromatic carbocycles. The van der Waals surface area contributed by atoms with Gasteiger partial charge in [0, 0.05) is 0 Å². The van der Waals surface area contributed by atoms with Gasteiger partial charge in [0.25, 0.3) is 0 Å². The van der Waals surface area contributed by atoms with Crippen molar-refractivity contribution in [1.29, 1.82) is 0 Å². The Hall–Kier alpha value is -0.870. The second-order valence-corrected chi connectivity index (χ2v) is 8.36. The van der Waals surface area contributed by atoms with Gasteiger partial charge in [-0.15, -0.1) is 0 Å². The number of hydrogen-bond donors (Lipinski definition) is 0. The van der Waals surface area contributed by atoms with E-state index in [1.54, 1.807) is 5.30 Å². The van der Waals surface area contributed by atoms with E-state index in [0.29, 0.717) is 0 Å². The third-order valence-corrected chi connectivity index (χ3v) is 6.95. The van der Waals surface area contributed by atoms with E-state index in [-0.39, 0.29) is 7.92 Å². The summed E-state index contributed by atoms with van der Waals surface area (Å²) < 4.78 is 0. The number of rotatable bonds is 9. The highest BCUT2D eigenvalue weighted by Crippen LogP contribution is 2.39. The molecule has 2 rings (SSSR count). The largest absolute Gasteiger partial charge is 0.0746 e. The fourth-order valence-electron chi connectivity index (χ4n) is 2.94. The lowest BCUT2D eigenvalue weighted by molar-refractivity contribution is 0.763. The summed E-state index contributed by atoms with van der Waals surface area (Å²) in [5, 5.41) is 4.56. The van der Waals surface area contributed by atoms with Gasteiger partial charge < -0.3 is 0 Å². The first kappa shape index (κ1) is 16.5. The van der Waals surface area contributed by atoms with Crippen LogP contribution in [-0.2, 0) is 0 Å². The summed E-state index contributed by atoms with van der Waals surface area (Å²) in [5.74, 6) is 0. The molecule has 0 aromatic heterocycles. The highest BCUT2D eigenvalue weighted by Gasteiger charge is 2.13. The fourth-order valence-corrected chi connectivity index (χ4v) is 5.70. The first-order valence-corrected chi connectivity index (χ1v) is 10.3. The molecule has 2 aromatic rings. The van der Waals surface area contributed by atoms with Gasteiger partial charge in [0.2, 0.25) is 0 Å². The molecule has 0 radical (unpaired) electrons. The first-order valence-electron chi connectivity index (χ1n) is 8.59. The van der Waals surface area contributed by atoms with Crippen LogP contribution < -0.4 is 5.30 Å². The summed E-state index contributed by atoms with van der Waals surface area (Å²) in [4.78, 5) is 0. The van der Waals surface area contributed by atoms with Crippen LogP contribution in [0.2, 0.25) is 0 Å². The monoisotopic (exact) mass is 300 g/mol. The fraction of sp³-hybridized carbons (Fsp3) is 0.500. The Morgan fingerprint density at radius 1 is 0.714 bits per heavy atom. The molecule has 1 heteroatoms. The first-order chi connectivity index (χ1) is 10.4. The Kier molecular flexibility index (Phi) is 7.24. The lowest BCUT2D eigenvalue weighted by Crippen LogP contribution is -2.08. The van der Waals surface area contributed by atoms with Crippen molar-refractivity contribution in [3.63, 3.8) is 0 Å². The molecule has 0 fully saturated rings. The highest BCUT2D eigenvalue weighted by atomic mass is 31.1. The minimum atomic E-state index is 0.0212. The quantitative estimate of drug-likeness (QED) is 0.375. The van der Waals surface area contributed by atoms with Crippen molar-refractivity contribution in [3.05, 3.63) is 42.5 Å². The molecule has 0 aliphatic rings. The Labute approximate surface area is 131 Å². The maximum absolute atomic E-state index is 2.39.